The number of fused-ring (bicyclic) bond motifs is 1. The number of nitrogens with zero attached hydrogens (tertiary/aromatic N) is 1. The van der Waals surface area contributed by atoms with Crippen molar-refractivity contribution in [3.63, 3.8) is 0 Å². The maximum absolute atomic E-state index is 11.9. The number of carbonyl (C=O) groups is 2. The number of aromatic nitrogens is 1. The molecule has 6 nitrogen and oxygen atoms in total. The molecule has 2 aromatic rings. The summed E-state index contributed by atoms with van der Waals surface area (Å²) in [7, 11) is 0. The molecule has 106 valence electrons. The fraction of sp³-hybridized carbons (Fsp3) is 0.357. The predicted molar refractivity (Wildman–Crippen MR) is 71.8 cm³/mol. The van der Waals surface area contributed by atoms with Crippen molar-refractivity contribution in [1.29, 1.82) is 0 Å². The maximum Gasteiger partial charge on any atom is 0.420 e. The average molecular weight is 277 g/mol. The molecule has 0 bridgehead atoms. The van der Waals surface area contributed by atoms with Crippen LogP contribution >= 0.6 is 0 Å². The number of ketones is 1. The van der Waals surface area contributed by atoms with Gasteiger partial charge in [0.15, 0.2) is 5.58 Å². The molecule has 0 aliphatic heterocycles. The molecule has 0 amide bonds. The Hall–Kier alpha value is -2.37. The summed E-state index contributed by atoms with van der Waals surface area (Å²) >= 11 is 0. The van der Waals surface area contributed by atoms with Crippen LogP contribution in [-0.2, 0) is 9.53 Å². The van der Waals surface area contributed by atoms with E-state index in [4.69, 9.17) is 4.42 Å². The molecule has 0 radical (unpaired) electrons. The highest BCUT2D eigenvalue weighted by atomic mass is 16.5. The van der Waals surface area contributed by atoms with Gasteiger partial charge in [0.2, 0.25) is 0 Å². The second-order valence-electron chi connectivity index (χ2n) is 4.56. The molecule has 0 unspecified atom stereocenters. The number of ether oxygens (including phenoxy) is 1. The maximum atomic E-state index is 11.9. The molecule has 1 aromatic heterocycles. The van der Waals surface area contributed by atoms with Crippen molar-refractivity contribution in [2.24, 2.45) is 0 Å². The van der Waals surface area contributed by atoms with Gasteiger partial charge >= 0.3 is 11.7 Å². The molecule has 0 fully saturated rings. The van der Waals surface area contributed by atoms with E-state index >= 15 is 0 Å². The van der Waals surface area contributed by atoms with Crippen LogP contribution in [0.15, 0.2) is 27.4 Å². The zero-order valence-electron chi connectivity index (χ0n) is 11.5. The van der Waals surface area contributed by atoms with Gasteiger partial charge in [-0.3, -0.25) is 9.36 Å². The summed E-state index contributed by atoms with van der Waals surface area (Å²) in [6.07, 6.45) is 0. The monoisotopic (exact) mass is 277 g/mol. The number of Topliss-reactive ketones (excluding diaryl/α,β-unsaturated/α-hetero) is 1. The summed E-state index contributed by atoms with van der Waals surface area (Å²) in [5.74, 6) is -2.14. The summed E-state index contributed by atoms with van der Waals surface area (Å²) in [6.45, 7) is 5.42. The molecule has 0 atom stereocenters. The third-order valence-corrected chi connectivity index (χ3v) is 2.85. The standard InChI is InChI=1S/C14H15NO5/c1-4-19-13(17)12(16)9-5-6-11-10(7-9)15(8(2)3)14(18)20-11/h5-8H,4H2,1-3H3. The predicted octanol–water partition coefficient (Wildman–Crippen LogP) is 1.92. The first-order valence-electron chi connectivity index (χ1n) is 6.32. The Morgan fingerprint density at radius 2 is 2.05 bits per heavy atom. The Kier molecular flexibility index (Phi) is 3.74. The summed E-state index contributed by atoms with van der Waals surface area (Å²) in [5.41, 5.74) is 1.04. The Bertz CT molecular complexity index is 723. The van der Waals surface area contributed by atoms with Crippen molar-refractivity contribution in [3.8, 4) is 0 Å². The van der Waals surface area contributed by atoms with E-state index in [1.165, 1.54) is 22.8 Å². The third kappa shape index (κ3) is 2.36. The Morgan fingerprint density at radius 1 is 1.35 bits per heavy atom. The van der Waals surface area contributed by atoms with Crippen LogP contribution in [-0.4, -0.2) is 22.9 Å². The van der Waals surface area contributed by atoms with E-state index in [1.54, 1.807) is 6.92 Å². The van der Waals surface area contributed by atoms with Gasteiger partial charge in [-0.15, -0.1) is 0 Å². The van der Waals surface area contributed by atoms with Crippen LogP contribution in [0.2, 0.25) is 0 Å². The second-order valence-corrected chi connectivity index (χ2v) is 4.56. The molecule has 0 saturated heterocycles. The van der Waals surface area contributed by atoms with Crippen LogP contribution in [0.25, 0.3) is 11.1 Å². The fourth-order valence-electron chi connectivity index (χ4n) is 1.98. The SMILES string of the molecule is CCOC(=O)C(=O)c1ccc2oc(=O)n(C(C)C)c2c1. The zero-order valence-corrected chi connectivity index (χ0v) is 11.5. The van der Waals surface area contributed by atoms with E-state index in [2.05, 4.69) is 4.74 Å². The zero-order chi connectivity index (χ0) is 14.9. The van der Waals surface area contributed by atoms with E-state index in [-0.39, 0.29) is 18.2 Å². The molecule has 20 heavy (non-hydrogen) atoms. The lowest BCUT2D eigenvalue weighted by Crippen LogP contribution is -2.18. The van der Waals surface area contributed by atoms with Gasteiger partial charge in [-0.1, -0.05) is 0 Å². The average Bonchev–Trinajstić information content (AvgIpc) is 2.72. The van der Waals surface area contributed by atoms with E-state index in [1.807, 2.05) is 13.8 Å². The minimum absolute atomic E-state index is 0.114. The number of rotatable bonds is 4. The molecule has 0 aliphatic rings. The lowest BCUT2D eigenvalue weighted by Gasteiger charge is -2.06. The van der Waals surface area contributed by atoms with Gasteiger partial charge in [-0.25, -0.2) is 9.59 Å². The summed E-state index contributed by atoms with van der Waals surface area (Å²) in [5, 5.41) is 0. The smallest absolute Gasteiger partial charge is 0.420 e. The van der Waals surface area contributed by atoms with Crippen molar-refractivity contribution in [2.45, 2.75) is 26.8 Å². The lowest BCUT2D eigenvalue weighted by atomic mass is 10.1. The van der Waals surface area contributed by atoms with E-state index in [0.717, 1.165) is 0 Å². The Morgan fingerprint density at radius 3 is 2.65 bits per heavy atom. The normalized spacial score (nSPS) is 11.0. The molecule has 0 spiro atoms. The lowest BCUT2D eigenvalue weighted by molar-refractivity contribution is -0.137. The number of benzene rings is 1. The molecule has 0 N–H and O–H groups in total. The fourth-order valence-corrected chi connectivity index (χ4v) is 1.98. The number of oxazole rings is 1. The highest BCUT2D eigenvalue weighted by molar-refractivity contribution is 6.40. The van der Waals surface area contributed by atoms with Gasteiger partial charge in [0.25, 0.3) is 5.78 Å². The van der Waals surface area contributed by atoms with E-state index in [0.29, 0.717) is 11.1 Å². The minimum atomic E-state index is -0.909. The van der Waals surface area contributed by atoms with Gasteiger partial charge in [-0.05, 0) is 39.0 Å². The first-order chi connectivity index (χ1) is 9.45. The minimum Gasteiger partial charge on any atom is -0.460 e. The van der Waals surface area contributed by atoms with Crippen LogP contribution in [0.5, 0.6) is 0 Å². The van der Waals surface area contributed by atoms with Crippen LogP contribution < -0.4 is 5.76 Å². The molecular formula is C14H15NO5. The number of esters is 1. The van der Waals surface area contributed by atoms with E-state index in [9.17, 15) is 14.4 Å². The van der Waals surface area contributed by atoms with Crippen molar-refractivity contribution < 1.29 is 18.7 Å². The van der Waals surface area contributed by atoms with Crippen LogP contribution in [0.1, 0.15) is 37.2 Å². The van der Waals surface area contributed by atoms with Crippen molar-refractivity contribution in [2.75, 3.05) is 6.61 Å². The Balaban J connectivity index is 2.53. The van der Waals surface area contributed by atoms with Gasteiger partial charge in [0, 0.05) is 11.6 Å². The summed E-state index contributed by atoms with van der Waals surface area (Å²) < 4.78 is 11.2. The molecule has 0 aliphatic carbocycles. The molecule has 2 rings (SSSR count). The van der Waals surface area contributed by atoms with Gasteiger partial charge < -0.3 is 9.15 Å². The molecule has 0 saturated carbocycles. The quantitative estimate of drug-likeness (QED) is 0.484. The van der Waals surface area contributed by atoms with Crippen molar-refractivity contribution in [3.05, 3.63) is 34.3 Å². The number of carbonyl (C=O) groups excluding carboxylic acids is 2. The van der Waals surface area contributed by atoms with Gasteiger partial charge in [-0.2, -0.15) is 0 Å². The van der Waals surface area contributed by atoms with Crippen LogP contribution in [0.3, 0.4) is 0 Å². The third-order valence-electron chi connectivity index (χ3n) is 2.85. The first-order valence-corrected chi connectivity index (χ1v) is 6.32. The molecule has 1 aromatic carbocycles. The topological polar surface area (TPSA) is 78.5 Å². The second kappa shape index (κ2) is 5.32. The largest absolute Gasteiger partial charge is 0.460 e. The Labute approximate surface area is 114 Å². The van der Waals surface area contributed by atoms with Crippen LogP contribution in [0.4, 0.5) is 0 Å². The highest BCUT2D eigenvalue weighted by Gasteiger charge is 2.20. The van der Waals surface area contributed by atoms with Crippen molar-refractivity contribution in [1.82, 2.24) is 4.57 Å². The molecule has 6 heteroatoms. The molecule has 1 heterocycles. The first kappa shape index (κ1) is 14.0. The van der Waals surface area contributed by atoms with Crippen molar-refractivity contribution >= 4 is 22.9 Å². The summed E-state index contributed by atoms with van der Waals surface area (Å²) in [4.78, 5) is 35.0. The van der Waals surface area contributed by atoms with Crippen LogP contribution in [0, 0.1) is 0 Å². The molecular weight excluding hydrogens is 262 g/mol. The number of hydrogen-bond acceptors (Lipinski definition) is 5. The van der Waals surface area contributed by atoms with Gasteiger partial charge in [0.05, 0.1) is 12.1 Å². The van der Waals surface area contributed by atoms with Gasteiger partial charge in [0.1, 0.15) is 0 Å². The summed E-state index contributed by atoms with van der Waals surface area (Å²) in [6, 6.07) is 4.30. The van der Waals surface area contributed by atoms with E-state index < -0.39 is 17.5 Å². The number of hydrogen-bond donors (Lipinski definition) is 0. The highest BCUT2D eigenvalue weighted by Crippen LogP contribution is 2.19.